The van der Waals surface area contributed by atoms with Gasteiger partial charge in [0.05, 0.1) is 5.92 Å². The number of halogens is 3. The fourth-order valence-corrected chi connectivity index (χ4v) is 3.34. The summed E-state index contributed by atoms with van der Waals surface area (Å²) >= 11 is 12.3. The van der Waals surface area contributed by atoms with Crippen molar-refractivity contribution >= 4 is 34.4 Å². The molecule has 3 aromatic heterocycles. The number of imidazole rings is 2. The summed E-state index contributed by atoms with van der Waals surface area (Å²) < 4.78 is 13.4. The molecule has 4 rings (SSSR count). The summed E-state index contributed by atoms with van der Waals surface area (Å²) in [5.41, 5.74) is 2.01. The molecule has 1 unspecified atom stereocenters. The number of nitrogens with one attached hydrogen (secondary N) is 3. The molecule has 1 aromatic carbocycles. The van der Waals surface area contributed by atoms with Crippen molar-refractivity contribution in [1.82, 2.24) is 24.9 Å². The smallest absolute Gasteiger partial charge is 0.323 e. The molecule has 1 atom stereocenters. The highest BCUT2D eigenvalue weighted by molar-refractivity contribution is 6.35. The summed E-state index contributed by atoms with van der Waals surface area (Å²) in [7, 11) is 0. The summed E-state index contributed by atoms with van der Waals surface area (Å²) in [4.78, 5) is 28.2. The van der Waals surface area contributed by atoms with Gasteiger partial charge < -0.3 is 15.0 Å². The average molecular weight is 392 g/mol. The molecule has 3 N–H and O–H groups in total. The Bertz CT molecular complexity index is 1150. The molecule has 0 saturated heterocycles. The van der Waals surface area contributed by atoms with Crippen LogP contribution in [0.2, 0.25) is 10.0 Å². The summed E-state index contributed by atoms with van der Waals surface area (Å²) in [6.45, 7) is 0. The molecule has 0 aliphatic carbocycles. The molecule has 0 fully saturated rings. The van der Waals surface area contributed by atoms with Crippen molar-refractivity contribution in [1.29, 1.82) is 0 Å². The predicted molar refractivity (Wildman–Crippen MR) is 97.3 cm³/mol. The van der Waals surface area contributed by atoms with Crippen LogP contribution in [0.4, 0.5) is 4.39 Å². The number of benzene rings is 1. The normalized spacial score (nSPS) is 12.6. The maximum Gasteiger partial charge on any atom is 0.323 e. The standard InChI is InChI=1S/C17H12Cl2FN5O/c18-9-2-1-8(11(19)6-9)5-10(13-7-21-17(26)23-13)15-22-12-3-4-14(20)24-16(12)25-15/h1-4,6-7,10H,5H2,(H2,21,23,26)(H,22,24,25). The van der Waals surface area contributed by atoms with Crippen LogP contribution >= 0.6 is 23.2 Å². The number of fused-ring (bicyclic) bond motifs is 1. The van der Waals surface area contributed by atoms with Crippen molar-refractivity contribution in [2.24, 2.45) is 0 Å². The molecule has 0 radical (unpaired) electrons. The molecule has 3 heterocycles. The van der Waals surface area contributed by atoms with E-state index in [0.29, 0.717) is 39.1 Å². The molecule has 0 aliphatic rings. The molecule has 0 spiro atoms. The van der Waals surface area contributed by atoms with Crippen LogP contribution in [0.25, 0.3) is 11.2 Å². The fraction of sp³-hybridized carbons (Fsp3) is 0.118. The largest absolute Gasteiger partial charge is 0.326 e. The number of rotatable bonds is 4. The molecule has 0 amide bonds. The van der Waals surface area contributed by atoms with E-state index >= 15 is 0 Å². The molecular formula is C17H12Cl2FN5O. The van der Waals surface area contributed by atoms with Gasteiger partial charge in [0, 0.05) is 21.9 Å². The Hall–Kier alpha value is -2.64. The van der Waals surface area contributed by atoms with Gasteiger partial charge in [-0.05, 0) is 36.2 Å². The molecule has 0 saturated carbocycles. The molecule has 0 bridgehead atoms. The minimum atomic E-state index is -0.597. The fourth-order valence-electron chi connectivity index (χ4n) is 2.85. The van der Waals surface area contributed by atoms with Gasteiger partial charge in [0.1, 0.15) is 11.3 Å². The highest BCUT2D eigenvalue weighted by Crippen LogP contribution is 2.30. The topological polar surface area (TPSA) is 90.2 Å². The zero-order valence-electron chi connectivity index (χ0n) is 13.2. The second kappa shape index (κ2) is 6.59. The van der Waals surface area contributed by atoms with Crippen molar-refractivity contribution in [3.05, 3.63) is 80.1 Å². The van der Waals surface area contributed by atoms with Crippen LogP contribution in [-0.4, -0.2) is 24.9 Å². The maximum absolute atomic E-state index is 13.4. The number of aromatic amines is 3. The number of hydrogen-bond acceptors (Lipinski definition) is 3. The lowest BCUT2D eigenvalue weighted by molar-refractivity contribution is 0.588. The lowest BCUT2D eigenvalue weighted by atomic mass is 9.96. The lowest BCUT2D eigenvalue weighted by Gasteiger charge is -2.14. The van der Waals surface area contributed by atoms with Crippen molar-refractivity contribution in [2.75, 3.05) is 0 Å². The molecule has 6 nitrogen and oxygen atoms in total. The Morgan fingerprint density at radius 1 is 1.12 bits per heavy atom. The molecule has 0 aliphatic heterocycles. The van der Waals surface area contributed by atoms with Gasteiger partial charge in [0.15, 0.2) is 5.65 Å². The van der Waals surface area contributed by atoms with Gasteiger partial charge in [0.2, 0.25) is 5.95 Å². The maximum atomic E-state index is 13.4. The van der Waals surface area contributed by atoms with E-state index in [4.69, 9.17) is 23.2 Å². The predicted octanol–water partition coefficient (Wildman–Crippen LogP) is 3.79. The third-order valence-electron chi connectivity index (χ3n) is 4.09. The zero-order chi connectivity index (χ0) is 18.3. The van der Waals surface area contributed by atoms with Crippen LogP contribution in [0.5, 0.6) is 0 Å². The molecule has 9 heteroatoms. The van der Waals surface area contributed by atoms with Gasteiger partial charge in [-0.15, -0.1) is 0 Å². The Morgan fingerprint density at radius 3 is 2.69 bits per heavy atom. The summed E-state index contributed by atoms with van der Waals surface area (Å²) in [5, 5.41) is 1.05. The first-order chi connectivity index (χ1) is 12.5. The van der Waals surface area contributed by atoms with Crippen LogP contribution in [0.3, 0.4) is 0 Å². The van der Waals surface area contributed by atoms with Crippen molar-refractivity contribution in [3.8, 4) is 0 Å². The van der Waals surface area contributed by atoms with E-state index in [1.807, 2.05) is 6.07 Å². The number of hydrogen-bond donors (Lipinski definition) is 3. The second-order valence-corrected chi connectivity index (χ2v) is 6.66. The number of pyridine rings is 1. The van der Waals surface area contributed by atoms with E-state index in [9.17, 15) is 9.18 Å². The lowest BCUT2D eigenvalue weighted by Crippen LogP contribution is -2.10. The van der Waals surface area contributed by atoms with E-state index in [0.717, 1.165) is 5.56 Å². The summed E-state index contributed by atoms with van der Waals surface area (Å²) in [6, 6.07) is 8.02. The molecule has 26 heavy (non-hydrogen) atoms. The highest BCUT2D eigenvalue weighted by Gasteiger charge is 2.22. The zero-order valence-corrected chi connectivity index (χ0v) is 14.7. The minimum Gasteiger partial charge on any atom is -0.326 e. The van der Waals surface area contributed by atoms with Crippen LogP contribution in [-0.2, 0) is 6.42 Å². The second-order valence-electron chi connectivity index (χ2n) is 5.81. The monoisotopic (exact) mass is 391 g/mol. The summed E-state index contributed by atoms with van der Waals surface area (Å²) in [5.74, 6) is -0.399. The van der Waals surface area contributed by atoms with Gasteiger partial charge in [-0.25, -0.2) is 9.78 Å². The van der Waals surface area contributed by atoms with Crippen LogP contribution in [0.15, 0.2) is 41.3 Å². The van der Waals surface area contributed by atoms with Crippen molar-refractivity contribution in [2.45, 2.75) is 12.3 Å². The Balaban J connectivity index is 1.80. The van der Waals surface area contributed by atoms with Crippen molar-refractivity contribution < 1.29 is 4.39 Å². The van der Waals surface area contributed by atoms with Gasteiger partial charge >= 0.3 is 5.69 Å². The van der Waals surface area contributed by atoms with Crippen molar-refractivity contribution in [3.63, 3.8) is 0 Å². The van der Waals surface area contributed by atoms with Gasteiger partial charge in [-0.1, -0.05) is 29.3 Å². The number of H-pyrrole nitrogens is 3. The highest BCUT2D eigenvalue weighted by atomic mass is 35.5. The van der Waals surface area contributed by atoms with Crippen LogP contribution in [0, 0.1) is 5.95 Å². The molecule has 132 valence electrons. The first-order valence-corrected chi connectivity index (χ1v) is 8.49. The third-order valence-corrected chi connectivity index (χ3v) is 4.68. The van der Waals surface area contributed by atoms with E-state index in [2.05, 4.69) is 24.9 Å². The first-order valence-electron chi connectivity index (χ1n) is 7.73. The van der Waals surface area contributed by atoms with Crippen LogP contribution < -0.4 is 5.69 Å². The minimum absolute atomic E-state index is 0.326. The Labute approximate surface area is 156 Å². The molecule has 4 aromatic rings. The van der Waals surface area contributed by atoms with E-state index in [1.165, 1.54) is 6.07 Å². The molecular weight excluding hydrogens is 380 g/mol. The number of nitrogens with zero attached hydrogens (tertiary/aromatic N) is 2. The first kappa shape index (κ1) is 16.8. The van der Waals surface area contributed by atoms with Crippen LogP contribution in [0.1, 0.15) is 23.0 Å². The quantitative estimate of drug-likeness (QED) is 0.462. The third kappa shape index (κ3) is 3.23. The average Bonchev–Trinajstić information content (AvgIpc) is 3.20. The van der Waals surface area contributed by atoms with Gasteiger partial charge in [-0.2, -0.15) is 9.37 Å². The Morgan fingerprint density at radius 2 is 1.96 bits per heavy atom. The van der Waals surface area contributed by atoms with E-state index < -0.39 is 5.95 Å². The number of aromatic nitrogens is 5. The van der Waals surface area contributed by atoms with Gasteiger partial charge in [-0.3, -0.25) is 0 Å². The SMILES string of the molecule is O=c1[nH]cc(C(Cc2ccc(Cl)cc2Cl)c2nc3ccc(F)nc3[nH]2)[nH]1. The summed E-state index contributed by atoms with van der Waals surface area (Å²) in [6.07, 6.45) is 2.03. The van der Waals surface area contributed by atoms with E-state index in [-0.39, 0.29) is 11.6 Å². The Kier molecular flexibility index (Phi) is 4.26. The van der Waals surface area contributed by atoms with E-state index in [1.54, 1.807) is 24.4 Å². The van der Waals surface area contributed by atoms with Gasteiger partial charge in [0.25, 0.3) is 0 Å².